The number of halogens is 2. The predicted octanol–water partition coefficient (Wildman–Crippen LogP) is 6.84. The number of carbonyl (C=O) groups excluding carboxylic acids is 1. The lowest BCUT2D eigenvalue weighted by atomic mass is 10.1. The lowest BCUT2D eigenvalue weighted by Crippen LogP contribution is -2.34. The number of carbonyl (C=O) groups is 1. The maximum atomic E-state index is 12.3. The van der Waals surface area contributed by atoms with Crippen LogP contribution in [0.25, 0.3) is 0 Å². The highest BCUT2D eigenvalue weighted by Gasteiger charge is 2.13. The molecule has 0 saturated carbocycles. The summed E-state index contributed by atoms with van der Waals surface area (Å²) in [7, 11) is 0. The van der Waals surface area contributed by atoms with Gasteiger partial charge in [0.25, 0.3) is 5.91 Å². The van der Waals surface area contributed by atoms with Gasteiger partial charge >= 0.3 is 0 Å². The van der Waals surface area contributed by atoms with E-state index < -0.39 is 5.91 Å². The van der Waals surface area contributed by atoms with Crippen molar-refractivity contribution in [2.24, 2.45) is 0 Å². The molecule has 7 heteroatoms. The molecule has 3 aromatic rings. The fraction of sp³-hybridized carbons (Fsp3) is 0.130. The van der Waals surface area contributed by atoms with Gasteiger partial charge in [-0.3, -0.25) is 10.1 Å². The van der Waals surface area contributed by atoms with Gasteiger partial charge in [0.2, 0.25) is 0 Å². The van der Waals surface area contributed by atoms with Crippen LogP contribution in [0, 0.1) is 20.8 Å². The van der Waals surface area contributed by atoms with E-state index in [0.717, 1.165) is 22.4 Å². The zero-order valence-corrected chi connectivity index (χ0v) is 19.0. The second kappa shape index (κ2) is 9.47. The van der Waals surface area contributed by atoms with Gasteiger partial charge in [-0.15, -0.1) is 0 Å². The number of ether oxygens (including phenoxy) is 1. The molecule has 3 rings (SSSR count). The minimum Gasteiger partial charge on any atom is -0.455 e. The van der Waals surface area contributed by atoms with Crippen molar-refractivity contribution >= 4 is 52.1 Å². The average Bonchev–Trinajstić information content (AvgIpc) is 2.70. The summed E-state index contributed by atoms with van der Waals surface area (Å²) in [5.74, 6) is 0.930. The Hall–Kier alpha value is -2.60. The first-order chi connectivity index (χ1) is 14.3. The zero-order valence-electron chi connectivity index (χ0n) is 16.7. The van der Waals surface area contributed by atoms with Crippen molar-refractivity contribution in [1.82, 2.24) is 5.32 Å². The van der Waals surface area contributed by atoms with Crippen molar-refractivity contribution in [3.8, 4) is 11.5 Å². The van der Waals surface area contributed by atoms with Crippen molar-refractivity contribution in [2.75, 3.05) is 5.32 Å². The number of nitrogens with one attached hydrogen (secondary N) is 2. The fourth-order valence-electron chi connectivity index (χ4n) is 2.83. The first-order valence-corrected chi connectivity index (χ1v) is 10.3. The topological polar surface area (TPSA) is 50.4 Å². The molecule has 0 unspecified atom stereocenters. The van der Waals surface area contributed by atoms with Crippen molar-refractivity contribution in [3.63, 3.8) is 0 Å². The number of rotatable bonds is 4. The highest BCUT2D eigenvalue weighted by atomic mass is 35.5. The van der Waals surface area contributed by atoms with Gasteiger partial charge in [-0.25, -0.2) is 0 Å². The van der Waals surface area contributed by atoms with Crippen LogP contribution in [0.3, 0.4) is 0 Å². The molecule has 0 radical (unpaired) electrons. The monoisotopic (exact) mass is 458 g/mol. The molecule has 0 spiro atoms. The van der Waals surface area contributed by atoms with E-state index in [0.29, 0.717) is 27.0 Å². The standard InChI is InChI=1S/C23H20Cl2N2O2S/c1-13-8-9-14(2)21(15(13)3)29-20-11-10-16(12-19(20)25)26-23(30)27-22(28)17-6-4-5-7-18(17)24/h4-12H,1-3H3,(H2,26,27,28,30). The Morgan fingerprint density at radius 3 is 2.33 bits per heavy atom. The number of anilines is 1. The van der Waals surface area contributed by atoms with Crippen molar-refractivity contribution < 1.29 is 9.53 Å². The second-order valence-electron chi connectivity index (χ2n) is 6.79. The van der Waals surface area contributed by atoms with Crippen LogP contribution in [0.1, 0.15) is 27.0 Å². The Morgan fingerprint density at radius 2 is 1.63 bits per heavy atom. The van der Waals surface area contributed by atoms with Gasteiger partial charge < -0.3 is 10.1 Å². The maximum Gasteiger partial charge on any atom is 0.258 e. The minimum absolute atomic E-state index is 0.134. The van der Waals surface area contributed by atoms with Gasteiger partial charge in [-0.2, -0.15) is 0 Å². The SMILES string of the molecule is Cc1ccc(C)c(Oc2ccc(NC(=S)NC(=O)c3ccccc3Cl)cc2Cl)c1C. The minimum atomic E-state index is -0.394. The third-order valence-electron chi connectivity index (χ3n) is 4.62. The van der Waals surface area contributed by atoms with Gasteiger partial charge in [0, 0.05) is 5.69 Å². The summed E-state index contributed by atoms with van der Waals surface area (Å²) in [6.07, 6.45) is 0. The fourth-order valence-corrected chi connectivity index (χ4v) is 3.48. The molecule has 2 N–H and O–H groups in total. The van der Waals surface area contributed by atoms with Gasteiger partial charge in [-0.05, 0) is 80.0 Å². The molecule has 3 aromatic carbocycles. The van der Waals surface area contributed by atoms with Crippen molar-refractivity contribution in [2.45, 2.75) is 20.8 Å². The molecule has 0 aliphatic heterocycles. The van der Waals surface area contributed by atoms with Crippen molar-refractivity contribution in [1.29, 1.82) is 0 Å². The molecule has 0 fully saturated rings. The largest absolute Gasteiger partial charge is 0.455 e. The van der Waals surface area contributed by atoms with Gasteiger partial charge in [-0.1, -0.05) is 47.5 Å². The smallest absolute Gasteiger partial charge is 0.258 e. The van der Waals surface area contributed by atoms with E-state index in [1.54, 1.807) is 42.5 Å². The van der Waals surface area contributed by atoms with Crippen LogP contribution < -0.4 is 15.4 Å². The van der Waals surface area contributed by atoms with Crippen LogP contribution in [-0.4, -0.2) is 11.0 Å². The quantitative estimate of drug-likeness (QED) is 0.420. The Balaban J connectivity index is 1.70. The van der Waals surface area contributed by atoms with E-state index in [2.05, 4.69) is 16.7 Å². The number of hydrogen-bond acceptors (Lipinski definition) is 3. The van der Waals surface area contributed by atoms with Crippen LogP contribution in [0.5, 0.6) is 11.5 Å². The molecule has 0 aliphatic rings. The second-order valence-corrected chi connectivity index (χ2v) is 8.01. The molecule has 0 heterocycles. The Kier molecular flexibility index (Phi) is 6.98. The molecular formula is C23H20Cl2N2O2S. The van der Waals surface area contributed by atoms with E-state index >= 15 is 0 Å². The summed E-state index contributed by atoms with van der Waals surface area (Å²) in [5, 5.41) is 6.45. The molecular weight excluding hydrogens is 439 g/mol. The first-order valence-electron chi connectivity index (χ1n) is 9.17. The van der Waals surface area contributed by atoms with Gasteiger partial charge in [0.15, 0.2) is 5.11 Å². The summed E-state index contributed by atoms with van der Waals surface area (Å²) in [6, 6.07) is 16.0. The molecule has 0 aromatic heterocycles. The summed E-state index contributed by atoms with van der Waals surface area (Å²) in [4.78, 5) is 12.3. The molecule has 0 saturated heterocycles. The number of hydrogen-bond donors (Lipinski definition) is 2. The maximum absolute atomic E-state index is 12.3. The lowest BCUT2D eigenvalue weighted by molar-refractivity contribution is 0.0978. The van der Waals surface area contributed by atoms with Gasteiger partial charge in [0.05, 0.1) is 15.6 Å². The molecule has 4 nitrogen and oxygen atoms in total. The van der Waals surface area contributed by atoms with Crippen LogP contribution in [0.2, 0.25) is 10.0 Å². The van der Waals surface area contributed by atoms with E-state index in [9.17, 15) is 4.79 Å². The molecule has 0 aliphatic carbocycles. The molecule has 1 amide bonds. The average molecular weight is 459 g/mol. The molecule has 0 atom stereocenters. The Labute approximate surface area is 191 Å². The predicted molar refractivity (Wildman–Crippen MR) is 127 cm³/mol. The van der Waals surface area contributed by atoms with Crippen LogP contribution in [0.15, 0.2) is 54.6 Å². The molecule has 30 heavy (non-hydrogen) atoms. The van der Waals surface area contributed by atoms with Gasteiger partial charge in [0.1, 0.15) is 11.5 Å². The third kappa shape index (κ3) is 5.11. The van der Waals surface area contributed by atoms with E-state index in [4.69, 9.17) is 40.2 Å². The van der Waals surface area contributed by atoms with Crippen LogP contribution >= 0.6 is 35.4 Å². The van der Waals surface area contributed by atoms with E-state index in [1.165, 1.54) is 0 Å². The van der Waals surface area contributed by atoms with Crippen LogP contribution in [-0.2, 0) is 0 Å². The highest BCUT2D eigenvalue weighted by Crippen LogP contribution is 2.35. The Bertz CT molecular complexity index is 1130. The lowest BCUT2D eigenvalue weighted by Gasteiger charge is -2.16. The summed E-state index contributed by atoms with van der Waals surface area (Å²) < 4.78 is 6.07. The Morgan fingerprint density at radius 1 is 0.933 bits per heavy atom. The summed E-state index contributed by atoms with van der Waals surface area (Å²) >= 11 is 17.7. The number of aryl methyl sites for hydroxylation is 2. The third-order valence-corrected chi connectivity index (χ3v) is 5.45. The van der Waals surface area contributed by atoms with Crippen molar-refractivity contribution in [3.05, 3.63) is 86.9 Å². The number of benzene rings is 3. The molecule has 0 bridgehead atoms. The first kappa shape index (κ1) is 22.1. The van der Waals surface area contributed by atoms with E-state index in [1.807, 2.05) is 26.8 Å². The normalized spacial score (nSPS) is 10.4. The zero-order chi connectivity index (χ0) is 21.8. The summed E-state index contributed by atoms with van der Waals surface area (Å²) in [5.41, 5.74) is 4.20. The number of thiocarbonyl (C=S) groups is 1. The summed E-state index contributed by atoms with van der Waals surface area (Å²) in [6.45, 7) is 6.04. The van der Waals surface area contributed by atoms with Crippen LogP contribution in [0.4, 0.5) is 5.69 Å². The van der Waals surface area contributed by atoms with E-state index in [-0.39, 0.29) is 5.11 Å². The number of amides is 1. The highest BCUT2D eigenvalue weighted by molar-refractivity contribution is 7.80. The molecule has 154 valence electrons.